The van der Waals surface area contributed by atoms with Crippen LogP contribution in [-0.4, -0.2) is 0 Å². The number of hydrogen-bond acceptors (Lipinski definition) is 0. The Balaban J connectivity index is 1.52. The molecule has 4 saturated carbocycles. The molecular formula is C29H52. The van der Waals surface area contributed by atoms with E-state index < -0.39 is 0 Å². The van der Waals surface area contributed by atoms with Crippen molar-refractivity contribution in [3.05, 3.63) is 0 Å². The van der Waals surface area contributed by atoms with Gasteiger partial charge in [-0.25, -0.2) is 0 Å². The van der Waals surface area contributed by atoms with Crippen LogP contribution in [0.15, 0.2) is 0 Å². The first-order chi connectivity index (χ1) is 13.7. The standard InChI is InChI=1S/C29H52/c1-19(2)10-8-9-11-23-12-13-25-27-21(4)17-24-16-20(3)14-15-28(24,6)26(27)18-22(5)29(23,25)7/h19-27H,8-18H2,1-7H3/t20-,21?,22+,23?,24+,25?,26?,27?,28-,29+/m0/s1. The zero-order valence-electron chi connectivity index (χ0n) is 21.0. The van der Waals surface area contributed by atoms with Crippen LogP contribution < -0.4 is 0 Å². The normalized spacial score (nSPS) is 52.1. The molecule has 4 fully saturated rings. The highest BCUT2D eigenvalue weighted by Crippen LogP contribution is 2.70. The number of unbranched alkanes of at least 4 members (excludes halogenated alkanes) is 1. The smallest absolute Gasteiger partial charge is 0.0241 e. The van der Waals surface area contributed by atoms with E-state index in [0.29, 0.717) is 10.8 Å². The van der Waals surface area contributed by atoms with Crippen LogP contribution in [0.1, 0.15) is 119 Å². The van der Waals surface area contributed by atoms with Crippen molar-refractivity contribution in [2.75, 3.05) is 0 Å². The predicted molar refractivity (Wildman–Crippen MR) is 127 cm³/mol. The van der Waals surface area contributed by atoms with E-state index in [0.717, 1.165) is 53.3 Å². The third-order valence-corrected chi connectivity index (χ3v) is 11.6. The fourth-order valence-corrected chi connectivity index (χ4v) is 9.75. The van der Waals surface area contributed by atoms with Crippen LogP contribution in [0, 0.1) is 64.1 Å². The first-order valence-electron chi connectivity index (χ1n) is 13.7. The Morgan fingerprint density at radius 1 is 0.862 bits per heavy atom. The molecule has 0 radical (unpaired) electrons. The molecule has 0 amide bonds. The van der Waals surface area contributed by atoms with Gasteiger partial charge in [-0.05, 0) is 109 Å². The van der Waals surface area contributed by atoms with Gasteiger partial charge in [-0.2, -0.15) is 0 Å². The SMILES string of the molecule is CC(C)CCCCC1CCC2C3C(C)C[C@H]4C[C@@H](C)CC[C@]4(C)C3C[C@@H](C)[C@]12C. The minimum absolute atomic E-state index is 0.637. The van der Waals surface area contributed by atoms with Gasteiger partial charge in [0.25, 0.3) is 0 Å². The van der Waals surface area contributed by atoms with Gasteiger partial charge >= 0.3 is 0 Å². The van der Waals surface area contributed by atoms with Crippen molar-refractivity contribution in [3.8, 4) is 0 Å². The van der Waals surface area contributed by atoms with E-state index in [-0.39, 0.29) is 0 Å². The zero-order chi connectivity index (χ0) is 21.0. The second-order valence-corrected chi connectivity index (χ2v) is 13.5. The third-order valence-electron chi connectivity index (χ3n) is 11.6. The van der Waals surface area contributed by atoms with E-state index >= 15 is 0 Å². The summed E-state index contributed by atoms with van der Waals surface area (Å²) >= 11 is 0. The summed E-state index contributed by atoms with van der Waals surface area (Å²) in [5.74, 6) is 8.89. The lowest BCUT2D eigenvalue weighted by molar-refractivity contribution is -0.159. The third kappa shape index (κ3) is 3.65. The Kier molecular flexibility index (Phi) is 6.25. The predicted octanol–water partition coefficient (Wildman–Crippen LogP) is 8.99. The first kappa shape index (κ1) is 22.2. The van der Waals surface area contributed by atoms with Gasteiger partial charge in [0.1, 0.15) is 0 Å². The summed E-state index contributed by atoms with van der Waals surface area (Å²) in [6.45, 7) is 18.2. The van der Waals surface area contributed by atoms with Gasteiger partial charge < -0.3 is 0 Å². The molecule has 4 aliphatic carbocycles. The molecule has 4 aliphatic rings. The second-order valence-electron chi connectivity index (χ2n) is 13.5. The molecule has 29 heavy (non-hydrogen) atoms. The highest BCUT2D eigenvalue weighted by Gasteiger charge is 2.63. The van der Waals surface area contributed by atoms with Crippen molar-refractivity contribution in [1.29, 1.82) is 0 Å². The highest BCUT2D eigenvalue weighted by molar-refractivity contribution is 5.12. The maximum absolute atomic E-state index is 2.77. The van der Waals surface area contributed by atoms with Crippen molar-refractivity contribution in [2.24, 2.45) is 64.1 Å². The molecule has 0 aromatic rings. The first-order valence-corrected chi connectivity index (χ1v) is 13.7. The van der Waals surface area contributed by atoms with Crippen LogP contribution in [-0.2, 0) is 0 Å². The average molecular weight is 401 g/mol. The van der Waals surface area contributed by atoms with E-state index in [9.17, 15) is 0 Å². The van der Waals surface area contributed by atoms with Crippen molar-refractivity contribution in [3.63, 3.8) is 0 Å². The Morgan fingerprint density at radius 2 is 1.62 bits per heavy atom. The van der Waals surface area contributed by atoms with E-state index in [4.69, 9.17) is 0 Å². The summed E-state index contributed by atoms with van der Waals surface area (Å²) in [7, 11) is 0. The van der Waals surface area contributed by atoms with Crippen molar-refractivity contribution in [1.82, 2.24) is 0 Å². The van der Waals surface area contributed by atoms with E-state index in [1.165, 1.54) is 44.9 Å². The minimum atomic E-state index is 0.637. The van der Waals surface area contributed by atoms with Crippen molar-refractivity contribution < 1.29 is 0 Å². The zero-order valence-corrected chi connectivity index (χ0v) is 21.0. The molecule has 0 aromatic carbocycles. The van der Waals surface area contributed by atoms with E-state index in [1.807, 2.05) is 0 Å². The molecule has 0 aliphatic heterocycles. The summed E-state index contributed by atoms with van der Waals surface area (Å²) in [6.07, 6.45) is 16.6. The molecule has 0 N–H and O–H groups in total. The monoisotopic (exact) mass is 400 g/mol. The molecule has 0 spiro atoms. The van der Waals surface area contributed by atoms with Crippen LogP contribution >= 0.6 is 0 Å². The summed E-state index contributed by atoms with van der Waals surface area (Å²) in [5, 5.41) is 0. The van der Waals surface area contributed by atoms with Gasteiger partial charge in [0.2, 0.25) is 0 Å². The Hall–Kier alpha value is 0. The minimum Gasteiger partial charge on any atom is -0.0628 e. The maximum atomic E-state index is 2.77. The van der Waals surface area contributed by atoms with E-state index in [2.05, 4.69) is 48.5 Å². The molecule has 0 heteroatoms. The number of fused-ring (bicyclic) bond motifs is 5. The Morgan fingerprint density at radius 3 is 2.34 bits per heavy atom. The fourth-order valence-electron chi connectivity index (χ4n) is 9.75. The lowest BCUT2D eigenvalue weighted by Crippen LogP contribution is -2.58. The summed E-state index contributed by atoms with van der Waals surface area (Å²) in [5.41, 5.74) is 1.30. The van der Waals surface area contributed by atoms with Crippen LogP contribution in [0.5, 0.6) is 0 Å². The molecule has 5 unspecified atom stereocenters. The van der Waals surface area contributed by atoms with E-state index in [1.54, 1.807) is 25.7 Å². The lowest BCUT2D eigenvalue weighted by Gasteiger charge is -2.64. The molecule has 168 valence electrons. The molecule has 4 rings (SSSR count). The number of rotatable bonds is 5. The average Bonchev–Trinajstić information content (AvgIpc) is 2.99. The van der Waals surface area contributed by atoms with Gasteiger partial charge in [-0.3, -0.25) is 0 Å². The Labute approximate surface area is 183 Å². The molecule has 0 nitrogen and oxygen atoms in total. The molecule has 0 bridgehead atoms. The van der Waals surface area contributed by atoms with Crippen LogP contribution in [0.2, 0.25) is 0 Å². The van der Waals surface area contributed by atoms with Crippen LogP contribution in [0.25, 0.3) is 0 Å². The van der Waals surface area contributed by atoms with Crippen molar-refractivity contribution >= 4 is 0 Å². The number of hydrogen-bond donors (Lipinski definition) is 0. The van der Waals surface area contributed by atoms with Crippen LogP contribution in [0.4, 0.5) is 0 Å². The molecule has 10 atom stereocenters. The van der Waals surface area contributed by atoms with Gasteiger partial charge in [-0.1, -0.05) is 74.1 Å². The quantitative estimate of drug-likeness (QED) is 0.404. The fraction of sp³-hybridized carbons (Fsp3) is 1.00. The molecule has 0 heterocycles. The van der Waals surface area contributed by atoms with Gasteiger partial charge in [0.15, 0.2) is 0 Å². The molecular weight excluding hydrogens is 348 g/mol. The largest absolute Gasteiger partial charge is 0.0628 e. The molecule has 0 saturated heterocycles. The topological polar surface area (TPSA) is 0 Å². The van der Waals surface area contributed by atoms with Gasteiger partial charge in [0, 0.05) is 0 Å². The second kappa shape index (κ2) is 8.16. The maximum Gasteiger partial charge on any atom is -0.0241 e. The summed E-state index contributed by atoms with van der Waals surface area (Å²) < 4.78 is 0. The summed E-state index contributed by atoms with van der Waals surface area (Å²) in [6, 6.07) is 0. The van der Waals surface area contributed by atoms with Crippen LogP contribution in [0.3, 0.4) is 0 Å². The van der Waals surface area contributed by atoms with Crippen molar-refractivity contribution in [2.45, 2.75) is 119 Å². The highest BCUT2D eigenvalue weighted by atomic mass is 14.7. The summed E-state index contributed by atoms with van der Waals surface area (Å²) in [4.78, 5) is 0. The lowest BCUT2D eigenvalue weighted by atomic mass is 9.40. The van der Waals surface area contributed by atoms with Gasteiger partial charge in [-0.15, -0.1) is 0 Å². The molecule has 0 aromatic heterocycles. The van der Waals surface area contributed by atoms with Gasteiger partial charge in [0.05, 0.1) is 0 Å². The Bertz CT molecular complexity index is 562.